The second kappa shape index (κ2) is 6.43. The van der Waals surface area contributed by atoms with Gasteiger partial charge in [-0.05, 0) is 30.5 Å². The lowest BCUT2D eigenvalue weighted by Gasteiger charge is -2.26. The number of hydrogen-bond acceptors (Lipinski definition) is 5. The van der Waals surface area contributed by atoms with Crippen LogP contribution in [-0.2, 0) is 11.3 Å². The lowest BCUT2D eigenvalue weighted by atomic mass is 10.1. The van der Waals surface area contributed by atoms with Gasteiger partial charge in [0, 0.05) is 11.4 Å². The van der Waals surface area contributed by atoms with Crippen LogP contribution in [0.5, 0.6) is 0 Å². The van der Waals surface area contributed by atoms with E-state index in [1.54, 1.807) is 29.5 Å². The maximum atomic E-state index is 11.9. The number of nitrogen functional groups attached to an aromatic ring is 1. The molecule has 0 radical (unpaired) electrons. The van der Waals surface area contributed by atoms with Gasteiger partial charge in [0.2, 0.25) is 0 Å². The number of ether oxygens (including phenoxy) is 1. The fourth-order valence-corrected chi connectivity index (χ4v) is 2.85. The molecule has 1 aromatic carbocycles. The second-order valence-electron chi connectivity index (χ2n) is 4.33. The van der Waals surface area contributed by atoms with Gasteiger partial charge < -0.3 is 15.4 Å². The summed E-state index contributed by atoms with van der Waals surface area (Å²) in [5.74, 6) is -0.364. The first-order valence-corrected chi connectivity index (χ1v) is 7.29. The van der Waals surface area contributed by atoms with Gasteiger partial charge in [-0.3, -0.25) is 0 Å². The van der Waals surface area contributed by atoms with Crippen LogP contribution in [0.3, 0.4) is 0 Å². The highest BCUT2D eigenvalue weighted by molar-refractivity contribution is 7.09. The molecule has 2 rings (SSSR count). The molecule has 20 heavy (non-hydrogen) atoms. The number of nitrogens with two attached hydrogens (primary N) is 1. The molecule has 0 bridgehead atoms. The summed E-state index contributed by atoms with van der Waals surface area (Å²) in [4.78, 5) is 15.2. The summed E-state index contributed by atoms with van der Waals surface area (Å²) in [6.07, 6.45) is 0. The fraction of sp³-hybridized carbons (Fsp3) is 0.267. The summed E-state index contributed by atoms with van der Waals surface area (Å²) in [6.45, 7) is 3.53. The zero-order valence-corrected chi connectivity index (χ0v) is 12.4. The zero-order valence-electron chi connectivity index (χ0n) is 11.6. The van der Waals surface area contributed by atoms with Crippen molar-refractivity contribution in [2.24, 2.45) is 0 Å². The van der Waals surface area contributed by atoms with Crippen LogP contribution < -0.4 is 10.6 Å². The Hall–Kier alpha value is -2.01. The van der Waals surface area contributed by atoms with Gasteiger partial charge in [-0.2, -0.15) is 0 Å². The Morgan fingerprint density at radius 2 is 2.15 bits per heavy atom. The third-order valence-corrected chi connectivity index (χ3v) is 3.96. The molecule has 1 aromatic heterocycles. The summed E-state index contributed by atoms with van der Waals surface area (Å²) in [5, 5.41) is 2.04. The Balaban J connectivity index is 2.40. The zero-order chi connectivity index (χ0) is 14.5. The SMILES string of the molecule is CCN(Cc1cccs1)c1c(N)cccc1C(=O)OC. The second-order valence-corrected chi connectivity index (χ2v) is 5.36. The summed E-state index contributed by atoms with van der Waals surface area (Å²) in [6, 6.07) is 9.41. The normalized spacial score (nSPS) is 10.3. The molecule has 2 N–H and O–H groups in total. The fourth-order valence-electron chi connectivity index (χ4n) is 2.13. The van der Waals surface area contributed by atoms with Gasteiger partial charge in [0.05, 0.1) is 30.6 Å². The number of esters is 1. The minimum Gasteiger partial charge on any atom is -0.465 e. The number of hydrogen-bond donors (Lipinski definition) is 1. The monoisotopic (exact) mass is 290 g/mol. The van der Waals surface area contributed by atoms with Crippen molar-refractivity contribution in [1.82, 2.24) is 0 Å². The first-order valence-electron chi connectivity index (χ1n) is 6.41. The Kier molecular flexibility index (Phi) is 4.63. The minimum absolute atomic E-state index is 0.364. The lowest BCUT2D eigenvalue weighted by Crippen LogP contribution is -2.25. The summed E-state index contributed by atoms with van der Waals surface area (Å²) in [7, 11) is 1.38. The first kappa shape index (κ1) is 14.4. The molecule has 0 aliphatic carbocycles. The van der Waals surface area contributed by atoms with Crippen LogP contribution in [0.15, 0.2) is 35.7 Å². The maximum Gasteiger partial charge on any atom is 0.340 e. The van der Waals surface area contributed by atoms with Gasteiger partial charge in [-0.15, -0.1) is 11.3 Å². The minimum atomic E-state index is -0.364. The Morgan fingerprint density at radius 1 is 1.35 bits per heavy atom. The van der Waals surface area contributed by atoms with E-state index in [1.165, 1.54) is 12.0 Å². The van der Waals surface area contributed by atoms with E-state index in [1.807, 2.05) is 18.4 Å². The standard InChI is InChI=1S/C15H18N2O2S/c1-3-17(10-11-6-5-9-20-11)14-12(15(18)19-2)7-4-8-13(14)16/h4-9H,3,10,16H2,1-2H3. The van der Waals surface area contributed by atoms with E-state index in [0.29, 0.717) is 11.3 Å². The van der Waals surface area contributed by atoms with Crippen LogP contribution in [-0.4, -0.2) is 19.6 Å². The molecule has 0 unspecified atom stereocenters. The van der Waals surface area contributed by atoms with Crippen molar-refractivity contribution in [2.75, 3.05) is 24.3 Å². The van der Waals surface area contributed by atoms with Gasteiger partial charge >= 0.3 is 5.97 Å². The van der Waals surface area contributed by atoms with Crippen LogP contribution >= 0.6 is 11.3 Å². The number of anilines is 2. The number of carbonyl (C=O) groups excluding carboxylic acids is 1. The average molecular weight is 290 g/mol. The molecule has 0 fully saturated rings. The van der Waals surface area contributed by atoms with E-state index in [2.05, 4.69) is 11.0 Å². The van der Waals surface area contributed by atoms with Gasteiger partial charge in [-0.1, -0.05) is 12.1 Å². The number of methoxy groups -OCH3 is 1. The molecule has 106 valence electrons. The quantitative estimate of drug-likeness (QED) is 0.679. The van der Waals surface area contributed by atoms with E-state index >= 15 is 0 Å². The predicted molar refractivity (Wildman–Crippen MR) is 83.2 cm³/mol. The molecule has 0 atom stereocenters. The number of carbonyl (C=O) groups is 1. The Bertz CT molecular complexity index is 582. The van der Waals surface area contributed by atoms with Crippen molar-refractivity contribution in [1.29, 1.82) is 0 Å². The third-order valence-electron chi connectivity index (χ3n) is 3.10. The van der Waals surface area contributed by atoms with Crippen LogP contribution in [0, 0.1) is 0 Å². The summed E-state index contributed by atoms with van der Waals surface area (Å²) < 4.78 is 4.84. The molecule has 0 amide bonds. The van der Waals surface area contributed by atoms with Crippen LogP contribution in [0.4, 0.5) is 11.4 Å². The highest BCUT2D eigenvalue weighted by Crippen LogP contribution is 2.30. The summed E-state index contributed by atoms with van der Waals surface area (Å²) >= 11 is 1.69. The molecule has 0 aliphatic heterocycles. The third kappa shape index (κ3) is 2.93. The maximum absolute atomic E-state index is 11.9. The molecule has 0 spiro atoms. The van der Waals surface area contributed by atoms with Gasteiger partial charge in [-0.25, -0.2) is 4.79 Å². The van der Waals surface area contributed by atoms with Crippen LogP contribution in [0.25, 0.3) is 0 Å². The number of thiophene rings is 1. The molecule has 4 nitrogen and oxygen atoms in total. The van der Waals surface area contributed by atoms with Crippen LogP contribution in [0.2, 0.25) is 0 Å². The predicted octanol–water partition coefficient (Wildman–Crippen LogP) is 3.14. The smallest absolute Gasteiger partial charge is 0.340 e. The van der Waals surface area contributed by atoms with E-state index < -0.39 is 0 Å². The molecule has 2 aromatic rings. The van der Waals surface area contributed by atoms with E-state index in [0.717, 1.165) is 18.8 Å². The van der Waals surface area contributed by atoms with Crippen LogP contribution in [0.1, 0.15) is 22.2 Å². The lowest BCUT2D eigenvalue weighted by molar-refractivity contribution is 0.0601. The molecular weight excluding hydrogens is 272 g/mol. The molecule has 0 saturated carbocycles. The van der Waals surface area contributed by atoms with Crippen molar-refractivity contribution >= 4 is 28.7 Å². The molecule has 0 aliphatic rings. The molecule has 5 heteroatoms. The van der Waals surface area contributed by atoms with E-state index in [4.69, 9.17) is 10.5 Å². The Morgan fingerprint density at radius 3 is 2.75 bits per heavy atom. The van der Waals surface area contributed by atoms with Crippen molar-refractivity contribution < 1.29 is 9.53 Å². The van der Waals surface area contributed by atoms with Crippen molar-refractivity contribution in [3.8, 4) is 0 Å². The molecule has 1 heterocycles. The number of rotatable bonds is 5. The highest BCUT2D eigenvalue weighted by Gasteiger charge is 2.19. The van der Waals surface area contributed by atoms with E-state index in [9.17, 15) is 4.79 Å². The van der Waals surface area contributed by atoms with E-state index in [-0.39, 0.29) is 5.97 Å². The number of benzene rings is 1. The van der Waals surface area contributed by atoms with Gasteiger partial charge in [0.25, 0.3) is 0 Å². The topological polar surface area (TPSA) is 55.6 Å². The van der Waals surface area contributed by atoms with Gasteiger partial charge in [0.15, 0.2) is 0 Å². The molecule has 0 saturated heterocycles. The van der Waals surface area contributed by atoms with Crippen molar-refractivity contribution in [3.63, 3.8) is 0 Å². The van der Waals surface area contributed by atoms with Gasteiger partial charge in [0.1, 0.15) is 0 Å². The highest BCUT2D eigenvalue weighted by atomic mass is 32.1. The first-order chi connectivity index (χ1) is 9.67. The Labute approximate surface area is 122 Å². The largest absolute Gasteiger partial charge is 0.465 e. The average Bonchev–Trinajstić information content (AvgIpc) is 2.97. The molecular formula is C15H18N2O2S. The number of para-hydroxylation sites is 1. The summed E-state index contributed by atoms with van der Waals surface area (Å²) in [5.41, 5.74) is 7.91. The van der Waals surface area contributed by atoms with Crippen molar-refractivity contribution in [2.45, 2.75) is 13.5 Å². The number of nitrogens with zero attached hydrogens (tertiary/aromatic N) is 1. The van der Waals surface area contributed by atoms with Crippen molar-refractivity contribution in [3.05, 3.63) is 46.2 Å².